The molecule has 0 bridgehead atoms. The standard InChI is InChI=1S/C16H16FNO/c17-9-5-6-14-12(7-9)13(8-18-14)16(19)15-10-3-1-2-4-11(10)15/h5-8,10-11,15,18H,1-4H2. The number of hydrogen-bond acceptors (Lipinski definition) is 1. The monoisotopic (exact) mass is 257 g/mol. The molecule has 0 radical (unpaired) electrons. The second-order valence-electron chi connectivity index (χ2n) is 5.89. The summed E-state index contributed by atoms with van der Waals surface area (Å²) in [7, 11) is 0. The van der Waals surface area contributed by atoms with Gasteiger partial charge < -0.3 is 4.98 Å². The summed E-state index contributed by atoms with van der Waals surface area (Å²) < 4.78 is 13.3. The third-order valence-corrected chi connectivity index (χ3v) is 4.87. The number of Topliss-reactive ketones (excluding diaryl/α,β-unsaturated/α-hetero) is 1. The molecule has 1 N–H and O–H groups in total. The molecule has 2 unspecified atom stereocenters. The van der Waals surface area contributed by atoms with Crippen molar-refractivity contribution in [1.82, 2.24) is 4.98 Å². The number of benzene rings is 1. The van der Waals surface area contributed by atoms with Gasteiger partial charge in [-0.1, -0.05) is 12.8 Å². The van der Waals surface area contributed by atoms with Gasteiger partial charge in [0, 0.05) is 28.6 Å². The van der Waals surface area contributed by atoms with Crippen molar-refractivity contribution in [2.45, 2.75) is 25.7 Å². The Hall–Kier alpha value is -1.64. The normalized spacial score (nSPS) is 29.2. The number of carbonyl (C=O) groups excluding carboxylic acids is 1. The Morgan fingerprint density at radius 3 is 2.68 bits per heavy atom. The van der Waals surface area contributed by atoms with Crippen molar-refractivity contribution in [3.05, 3.63) is 35.8 Å². The summed E-state index contributed by atoms with van der Waals surface area (Å²) in [5, 5.41) is 0.730. The van der Waals surface area contributed by atoms with Gasteiger partial charge in [0.15, 0.2) is 5.78 Å². The Labute approximate surface area is 111 Å². The lowest BCUT2D eigenvalue weighted by atomic mass is 10.0. The second kappa shape index (κ2) is 3.92. The molecule has 1 aromatic heterocycles. The quantitative estimate of drug-likeness (QED) is 0.812. The Balaban J connectivity index is 1.71. The highest BCUT2D eigenvalue weighted by molar-refractivity contribution is 6.10. The number of aromatic nitrogens is 1. The van der Waals surface area contributed by atoms with Crippen molar-refractivity contribution < 1.29 is 9.18 Å². The van der Waals surface area contributed by atoms with Crippen LogP contribution < -0.4 is 0 Å². The molecule has 98 valence electrons. The number of fused-ring (bicyclic) bond motifs is 2. The fraction of sp³-hybridized carbons (Fsp3) is 0.438. The number of ketones is 1. The molecule has 1 aromatic carbocycles. The lowest BCUT2D eigenvalue weighted by Crippen LogP contribution is -2.03. The van der Waals surface area contributed by atoms with Crippen LogP contribution in [0.1, 0.15) is 36.0 Å². The third-order valence-electron chi connectivity index (χ3n) is 4.87. The van der Waals surface area contributed by atoms with Gasteiger partial charge in [0.1, 0.15) is 5.82 Å². The number of aromatic amines is 1. The molecule has 3 heteroatoms. The summed E-state index contributed by atoms with van der Waals surface area (Å²) >= 11 is 0. The predicted octanol–water partition coefficient (Wildman–Crippen LogP) is 3.93. The van der Waals surface area contributed by atoms with Crippen LogP contribution >= 0.6 is 0 Å². The first-order chi connectivity index (χ1) is 9.25. The molecule has 4 rings (SSSR count). The smallest absolute Gasteiger partial charge is 0.168 e. The molecule has 2 atom stereocenters. The first-order valence-electron chi connectivity index (χ1n) is 7.06. The van der Waals surface area contributed by atoms with E-state index in [4.69, 9.17) is 0 Å². The van der Waals surface area contributed by atoms with E-state index < -0.39 is 0 Å². The molecule has 1 heterocycles. The van der Waals surface area contributed by atoms with Crippen molar-refractivity contribution in [1.29, 1.82) is 0 Å². The van der Waals surface area contributed by atoms with Crippen molar-refractivity contribution in [2.24, 2.45) is 17.8 Å². The molecular weight excluding hydrogens is 241 g/mol. The van der Waals surface area contributed by atoms with Gasteiger partial charge in [0.25, 0.3) is 0 Å². The van der Waals surface area contributed by atoms with Gasteiger partial charge in [0.05, 0.1) is 0 Å². The molecule has 2 aromatic rings. The maximum Gasteiger partial charge on any atom is 0.168 e. The lowest BCUT2D eigenvalue weighted by Gasteiger charge is -2.04. The largest absolute Gasteiger partial charge is 0.360 e. The van der Waals surface area contributed by atoms with Crippen LogP contribution in [-0.2, 0) is 0 Å². The number of hydrogen-bond donors (Lipinski definition) is 1. The van der Waals surface area contributed by atoms with Crippen LogP contribution in [0.5, 0.6) is 0 Å². The molecule has 2 aliphatic carbocycles. The molecule has 0 saturated heterocycles. The molecule has 2 fully saturated rings. The molecule has 2 saturated carbocycles. The van der Waals surface area contributed by atoms with E-state index in [0.717, 1.165) is 10.9 Å². The highest BCUT2D eigenvalue weighted by Gasteiger charge is 2.54. The molecule has 19 heavy (non-hydrogen) atoms. The molecular formula is C16H16FNO. The van der Waals surface area contributed by atoms with E-state index >= 15 is 0 Å². The summed E-state index contributed by atoms with van der Waals surface area (Å²) in [6.07, 6.45) is 6.65. The zero-order valence-corrected chi connectivity index (χ0v) is 10.7. The summed E-state index contributed by atoms with van der Waals surface area (Å²) in [4.78, 5) is 15.7. The minimum atomic E-state index is -0.283. The fourth-order valence-electron chi connectivity index (χ4n) is 3.86. The van der Waals surface area contributed by atoms with E-state index in [1.165, 1.54) is 37.8 Å². The van der Waals surface area contributed by atoms with Crippen molar-refractivity contribution in [3.8, 4) is 0 Å². The summed E-state index contributed by atoms with van der Waals surface area (Å²) in [6.45, 7) is 0. The Morgan fingerprint density at radius 2 is 1.95 bits per heavy atom. The molecule has 2 nitrogen and oxygen atoms in total. The topological polar surface area (TPSA) is 32.9 Å². The van der Waals surface area contributed by atoms with Crippen LogP contribution in [0.3, 0.4) is 0 Å². The number of carbonyl (C=O) groups is 1. The second-order valence-corrected chi connectivity index (χ2v) is 5.89. The van der Waals surface area contributed by atoms with Gasteiger partial charge in [-0.2, -0.15) is 0 Å². The van der Waals surface area contributed by atoms with Gasteiger partial charge in [-0.25, -0.2) is 4.39 Å². The minimum absolute atomic E-state index is 0.199. The van der Waals surface area contributed by atoms with E-state index in [2.05, 4.69) is 4.98 Å². The van der Waals surface area contributed by atoms with Crippen LogP contribution in [0, 0.1) is 23.6 Å². The Morgan fingerprint density at radius 1 is 1.21 bits per heavy atom. The van der Waals surface area contributed by atoms with E-state index in [0.29, 0.717) is 17.4 Å². The van der Waals surface area contributed by atoms with Crippen LogP contribution in [0.15, 0.2) is 24.4 Å². The van der Waals surface area contributed by atoms with Crippen LogP contribution in [0.4, 0.5) is 4.39 Å². The van der Waals surface area contributed by atoms with Gasteiger partial charge in [-0.05, 0) is 42.9 Å². The summed E-state index contributed by atoms with van der Waals surface area (Å²) in [5.74, 6) is 1.33. The van der Waals surface area contributed by atoms with Crippen LogP contribution in [0.25, 0.3) is 10.9 Å². The average Bonchev–Trinajstić information content (AvgIpc) is 3.01. The molecule has 0 aliphatic heterocycles. The number of nitrogens with one attached hydrogen (secondary N) is 1. The predicted molar refractivity (Wildman–Crippen MR) is 71.5 cm³/mol. The molecule has 0 spiro atoms. The van der Waals surface area contributed by atoms with Gasteiger partial charge in [0.2, 0.25) is 0 Å². The molecule has 0 amide bonds. The fourth-order valence-corrected chi connectivity index (χ4v) is 3.86. The van der Waals surface area contributed by atoms with E-state index in [1.54, 1.807) is 12.3 Å². The van der Waals surface area contributed by atoms with E-state index in [9.17, 15) is 9.18 Å². The van der Waals surface area contributed by atoms with E-state index in [1.807, 2.05) is 0 Å². The highest BCUT2D eigenvalue weighted by atomic mass is 19.1. The lowest BCUT2D eigenvalue weighted by molar-refractivity contribution is 0.0958. The third kappa shape index (κ3) is 1.64. The van der Waals surface area contributed by atoms with E-state index in [-0.39, 0.29) is 17.5 Å². The van der Waals surface area contributed by atoms with Crippen molar-refractivity contribution in [2.75, 3.05) is 0 Å². The SMILES string of the molecule is O=C(c1c[nH]c2ccc(F)cc12)C1C2CCCCC21. The van der Waals surface area contributed by atoms with Gasteiger partial charge in [-0.3, -0.25) is 4.79 Å². The summed E-state index contributed by atoms with van der Waals surface area (Å²) in [5.41, 5.74) is 1.52. The van der Waals surface area contributed by atoms with Crippen molar-refractivity contribution in [3.63, 3.8) is 0 Å². The van der Waals surface area contributed by atoms with Gasteiger partial charge in [-0.15, -0.1) is 0 Å². The maximum atomic E-state index is 13.3. The first kappa shape index (κ1) is 11.2. The molecule has 2 aliphatic rings. The zero-order valence-electron chi connectivity index (χ0n) is 10.7. The van der Waals surface area contributed by atoms with Crippen LogP contribution in [0.2, 0.25) is 0 Å². The van der Waals surface area contributed by atoms with Gasteiger partial charge >= 0.3 is 0 Å². The Kier molecular flexibility index (Phi) is 2.32. The number of rotatable bonds is 2. The highest BCUT2D eigenvalue weighted by Crippen LogP contribution is 2.56. The van der Waals surface area contributed by atoms with Crippen molar-refractivity contribution >= 4 is 16.7 Å². The zero-order chi connectivity index (χ0) is 13.0. The maximum absolute atomic E-state index is 13.3. The summed E-state index contributed by atoms with van der Waals surface area (Å²) in [6, 6.07) is 4.58. The number of halogens is 1. The number of H-pyrrole nitrogens is 1. The minimum Gasteiger partial charge on any atom is -0.360 e. The average molecular weight is 257 g/mol. The Bertz CT molecular complexity index is 648. The van der Waals surface area contributed by atoms with Crippen LogP contribution in [-0.4, -0.2) is 10.8 Å². The first-order valence-corrected chi connectivity index (χ1v) is 7.06.